The van der Waals surface area contributed by atoms with E-state index in [4.69, 9.17) is 0 Å². The van der Waals surface area contributed by atoms with Gasteiger partial charge in [-0.15, -0.1) is 0 Å². The second-order valence-electron chi connectivity index (χ2n) is 4.61. The highest BCUT2D eigenvalue weighted by atomic mass is 15.3. The molecule has 1 aromatic carbocycles. The van der Waals surface area contributed by atoms with Gasteiger partial charge in [-0.3, -0.25) is 4.68 Å². The van der Waals surface area contributed by atoms with Crippen LogP contribution in [0.4, 0.5) is 0 Å². The molecule has 1 atom stereocenters. The SMILES string of the molecule is CNC(C)CCCCn1ncc2ccccc21. The van der Waals surface area contributed by atoms with Crippen molar-refractivity contribution in [3.05, 3.63) is 30.5 Å². The smallest absolute Gasteiger partial charge is 0.0682 e. The van der Waals surface area contributed by atoms with Crippen LogP contribution in [0.3, 0.4) is 0 Å². The van der Waals surface area contributed by atoms with Gasteiger partial charge in [0.2, 0.25) is 0 Å². The third kappa shape index (κ3) is 3.07. The lowest BCUT2D eigenvalue weighted by Crippen LogP contribution is -2.20. The summed E-state index contributed by atoms with van der Waals surface area (Å²) in [5.74, 6) is 0. The Bertz CT molecular complexity index is 461. The zero-order chi connectivity index (χ0) is 12.1. The molecule has 0 aliphatic rings. The second kappa shape index (κ2) is 5.82. The van der Waals surface area contributed by atoms with Gasteiger partial charge in [-0.1, -0.05) is 24.6 Å². The molecule has 0 aliphatic carbocycles. The molecule has 0 saturated carbocycles. The minimum Gasteiger partial charge on any atom is -0.317 e. The first-order chi connectivity index (χ1) is 8.31. The van der Waals surface area contributed by atoms with E-state index in [-0.39, 0.29) is 0 Å². The number of nitrogens with zero attached hydrogens (tertiary/aromatic N) is 2. The minimum atomic E-state index is 0.615. The molecule has 1 unspecified atom stereocenters. The maximum absolute atomic E-state index is 4.43. The number of rotatable bonds is 6. The summed E-state index contributed by atoms with van der Waals surface area (Å²) in [5, 5.41) is 8.93. The van der Waals surface area contributed by atoms with Crippen molar-refractivity contribution in [2.75, 3.05) is 7.05 Å². The number of aromatic nitrogens is 2. The molecule has 3 heteroatoms. The first-order valence-electron chi connectivity index (χ1n) is 6.39. The van der Waals surface area contributed by atoms with Crippen LogP contribution >= 0.6 is 0 Å². The predicted octanol–water partition coefficient (Wildman–Crippen LogP) is 2.81. The summed E-state index contributed by atoms with van der Waals surface area (Å²) in [4.78, 5) is 0. The molecule has 0 amide bonds. The molecule has 0 fully saturated rings. The van der Waals surface area contributed by atoms with Crippen molar-refractivity contribution in [3.63, 3.8) is 0 Å². The van der Waals surface area contributed by atoms with Gasteiger partial charge in [0.25, 0.3) is 0 Å². The molecule has 0 saturated heterocycles. The summed E-state index contributed by atoms with van der Waals surface area (Å²) in [7, 11) is 2.02. The number of benzene rings is 1. The van der Waals surface area contributed by atoms with E-state index in [1.165, 1.54) is 30.2 Å². The summed E-state index contributed by atoms with van der Waals surface area (Å²) in [6, 6.07) is 9.00. The molecule has 1 heterocycles. The van der Waals surface area contributed by atoms with Crippen LogP contribution in [0.2, 0.25) is 0 Å². The van der Waals surface area contributed by atoms with Crippen molar-refractivity contribution in [1.82, 2.24) is 15.1 Å². The largest absolute Gasteiger partial charge is 0.317 e. The van der Waals surface area contributed by atoms with Crippen LogP contribution in [0, 0.1) is 0 Å². The number of para-hydroxylation sites is 1. The first-order valence-corrected chi connectivity index (χ1v) is 6.39. The van der Waals surface area contributed by atoms with Crippen LogP contribution in [0.1, 0.15) is 26.2 Å². The van der Waals surface area contributed by atoms with Crippen LogP contribution in [-0.4, -0.2) is 22.9 Å². The highest BCUT2D eigenvalue weighted by Crippen LogP contribution is 2.13. The van der Waals surface area contributed by atoms with E-state index in [1.807, 2.05) is 13.2 Å². The molecule has 1 aromatic heterocycles. The van der Waals surface area contributed by atoms with E-state index < -0.39 is 0 Å². The Kier molecular flexibility index (Phi) is 4.15. The number of nitrogens with one attached hydrogen (secondary N) is 1. The van der Waals surface area contributed by atoms with Gasteiger partial charge < -0.3 is 5.32 Å². The van der Waals surface area contributed by atoms with Crippen molar-refractivity contribution < 1.29 is 0 Å². The summed E-state index contributed by atoms with van der Waals surface area (Å²) in [5.41, 5.74) is 1.24. The van der Waals surface area contributed by atoms with E-state index in [0.717, 1.165) is 6.54 Å². The van der Waals surface area contributed by atoms with Gasteiger partial charge in [-0.05, 0) is 32.9 Å². The Labute approximate surface area is 103 Å². The molecule has 3 nitrogen and oxygen atoms in total. The Hall–Kier alpha value is -1.35. The molecule has 0 aliphatic heterocycles. The molecular weight excluding hydrogens is 210 g/mol. The third-order valence-electron chi connectivity index (χ3n) is 3.30. The molecule has 17 heavy (non-hydrogen) atoms. The summed E-state index contributed by atoms with van der Waals surface area (Å²) < 4.78 is 2.11. The lowest BCUT2D eigenvalue weighted by atomic mass is 10.1. The van der Waals surface area contributed by atoms with Crippen LogP contribution in [-0.2, 0) is 6.54 Å². The highest BCUT2D eigenvalue weighted by Gasteiger charge is 2.02. The van der Waals surface area contributed by atoms with Gasteiger partial charge in [-0.2, -0.15) is 5.10 Å². The van der Waals surface area contributed by atoms with Crippen molar-refractivity contribution in [3.8, 4) is 0 Å². The Morgan fingerprint density at radius 3 is 2.94 bits per heavy atom. The van der Waals surface area contributed by atoms with Gasteiger partial charge in [0, 0.05) is 18.0 Å². The van der Waals surface area contributed by atoms with Crippen molar-refractivity contribution in [2.45, 2.75) is 38.8 Å². The quantitative estimate of drug-likeness (QED) is 0.775. The van der Waals surface area contributed by atoms with Gasteiger partial charge in [0.05, 0.1) is 11.7 Å². The Morgan fingerprint density at radius 1 is 1.29 bits per heavy atom. The Balaban J connectivity index is 1.87. The number of unbranched alkanes of at least 4 members (excludes halogenated alkanes) is 1. The monoisotopic (exact) mass is 231 g/mol. The molecule has 2 rings (SSSR count). The van der Waals surface area contributed by atoms with Gasteiger partial charge >= 0.3 is 0 Å². The predicted molar refractivity (Wildman–Crippen MR) is 72.1 cm³/mol. The van der Waals surface area contributed by atoms with Crippen LogP contribution < -0.4 is 5.32 Å². The average molecular weight is 231 g/mol. The first kappa shape index (κ1) is 12.1. The lowest BCUT2D eigenvalue weighted by Gasteiger charge is -2.09. The maximum Gasteiger partial charge on any atom is 0.0682 e. The second-order valence-corrected chi connectivity index (χ2v) is 4.61. The number of hydrogen-bond donors (Lipinski definition) is 1. The topological polar surface area (TPSA) is 29.9 Å². The van der Waals surface area contributed by atoms with E-state index >= 15 is 0 Å². The van der Waals surface area contributed by atoms with Crippen LogP contribution in [0.5, 0.6) is 0 Å². The molecule has 2 aromatic rings. The molecule has 0 spiro atoms. The zero-order valence-corrected chi connectivity index (χ0v) is 10.7. The fourth-order valence-electron chi connectivity index (χ4n) is 2.06. The molecule has 0 bridgehead atoms. The van der Waals surface area contributed by atoms with Crippen LogP contribution in [0.25, 0.3) is 10.9 Å². The lowest BCUT2D eigenvalue weighted by molar-refractivity contribution is 0.495. The third-order valence-corrected chi connectivity index (χ3v) is 3.30. The summed E-state index contributed by atoms with van der Waals surface area (Å²) in [6.07, 6.45) is 5.62. The van der Waals surface area contributed by atoms with Crippen molar-refractivity contribution in [1.29, 1.82) is 0 Å². The Morgan fingerprint density at radius 2 is 2.12 bits per heavy atom. The van der Waals surface area contributed by atoms with Crippen LogP contribution in [0.15, 0.2) is 30.5 Å². The van der Waals surface area contributed by atoms with E-state index in [9.17, 15) is 0 Å². The normalized spacial score (nSPS) is 13.1. The summed E-state index contributed by atoms with van der Waals surface area (Å²) >= 11 is 0. The van der Waals surface area contributed by atoms with E-state index in [0.29, 0.717) is 6.04 Å². The fourth-order valence-corrected chi connectivity index (χ4v) is 2.06. The number of hydrogen-bond acceptors (Lipinski definition) is 2. The zero-order valence-electron chi connectivity index (χ0n) is 10.7. The van der Waals surface area contributed by atoms with Gasteiger partial charge in [-0.25, -0.2) is 0 Å². The maximum atomic E-state index is 4.43. The van der Waals surface area contributed by atoms with E-state index in [1.54, 1.807) is 0 Å². The summed E-state index contributed by atoms with van der Waals surface area (Å²) in [6.45, 7) is 3.24. The molecule has 92 valence electrons. The van der Waals surface area contributed by atoms with Crippen molar-refractivity contribution in [2.24, 2.45) is 0 Å². The average Bonchev–Trinajstić information content (AvgIpc) is 2.78. The number of aryl methyl sites for hydroxylation is 1. The molecule has 0 radical (unpaired) electrons. The number of fused-ring (bicyclic) bond motifs is 1. The van der Waals surface area contributed by atoms with E-state index in [2.05, 4.69) is 46.3 Å². The minimum absolute atomic E-state index is 0.615. The highest BCUT2D eigenvalue weighted by molar-refractivity contribution is 5.78. The fraction of sp³-hybridized carbons (Fsp3) is 0.500. The van der Waals surface area contributed by atoms with Gasteiger partial charge in [0.1, 0.15) is 0 Å². The standard InChI is InChI=1S/C14H21N3/c1-12(15-2)7-5-6-10-17-14-9-4-3-8-13(14)11-16-17/h3-4,8-9,11-12,15H,5-7,10H2,1-2H3. The molecule has 1 N–H and O–H groups in total. The van der Waals surface area contributed by atoms with Crippen molar-refractivity contribution >= 4 is 10.9 Å². The van der Waals surface area contributed by atoms with Gasteiger partial charge in [0.15, 0.2) is 0 Å². The molecular formula is C14H21N3.